The van der Waals surface area contributed by atoms with Gasteiger partial charge in [0.1, 0.15) is 11.6 Å². The SMILES string of the molecule is COc1cc(N2CCNC(C)C2)nc(C)n1. The lowest BCUT2D eigenvalue weighted by Gasteiger charge is -2.32. The molecule has 0 aliphatic carbocycles. The van der Waals surface area contributed by atoms with Gasteiger partial charge in [-0.15, -0.1) is 0 Å². The molecule has 0 spiro atoms. The van der Waals surface area contributed by atoms with E-state index in [1.165, 1.54) is 0 Å². The third-order valence-corrected chi connectivity index (χ3v) is 2.70. The van der Waals surface area contributed by atoms with Crippen LogP contribution < -0.4 is 15.0 Å². The molecule has 16 heavy (non-hydrogen) atoms. The number of hydrogen-bond acceptors (Lipinski definition) is 5. The maximum Gasteiger partial charge on any atom is 0.218 e. The van der Waals surface area contributed by atoms with Gasteiger partial charge in [0, 0.05) is 31.7 Å². The van der Waals surface area contributed by atoms with Crippen LogP contribution in [0.4, 0.5) is 5.82 Å². The molecule has 0 aromatic carbocycles. The number of aromatic nitrogens is 2. The highest BCUT2D eigenvalue weighted by Gasteiger charge is 2.17. The third kappa shape index (κ3) is 2.41. The molecule has 1 unspecified atom stereocenters. The van der Waals surface area contributed by atoms with Gasteiger partial charge in [0.2, 0.25) is 5.88 Å². The zero-order valence-corrected chi connectivity index (χ0v) is 10.0. The molecule has 1 saturated heterocycles. The molecule has 0 amide bonds. The molecule has 0 radical (unpaired) electrons. The van der Waals surface area contributed by atoms with Gasteiger partial charge in [0.05, 0.1) is 7.11 Å². The molecular weight excluding hydrogens is 204 g/mol. The fourth-order valence-electron chi connectivity index (χ4n) is 1.93. The molecule has 2 heterocycles. The molecular formula is C11H18N4O. The normalized spacial score (nSPS) is 20.9. The summed E-state index contributed by atoms with van der Waals surface area (Å²) in [4.78, 5) is 10.9. The van der Waals surface area contributed by atoms with Crippen LogP contribution in [0.3, 0.4) is 0 Å². The fraction of sp³-hybridized carbons (Fsp3) is 0.636. The smallest absolute Gasteiger partial charge is 0.218 e. The Morgan fingerprint density at radius 3 is 3.00 bits per heavy atom. The number of rotatable bonds is 2. The first kappa shape index (κ1) is 11.1. The van der Waals surface area contributed by atoms with Crippen molar-refractivity contribution in [1.82, 2.24) is 15.3 Å². The minimum absolute atomic E-state index is 0.495. The van der Waals surface area contributed by atoms with Gasteiger partial charge in [-0.3, -0.25) is 0 Å². The second-order valence-corrected chi connectivity index (χ2v) is 4.12. The molecule has 1 N–H and O–H groups in total. The quantitative estimate of drug-likeness (QED) is 0.793. The van der Waals surface area contributed by atoms with Crippen molar-refractivity contribution in [3.8, 4) is 5.88 Å². The van der Waals surface area contributed by atoms with Crippen LogP contribution in [-0.2, 0) is 0 Å². The van der Waals surface area contributed by atoms with Crippen LogP contribution >= 0.6 is 0 Å². The van der Waals surface area contributed by atoms with Gasteiger partial charge in [-0.05, 0) is 13.8 Å². The number of hydrogen-bond donors (Lipinski definition) is 1. The molecule has 88 valence electrons. The van der Waals surface area contributed by atoms with Gasteiger partial charge in [0.25, 0.3) is 0 Å². The zero-order valence-electron chi connectivity index (χ0n) is 10.0. The molecule has 1 aromatic heterocycles. The first-order valence-electron chi connectivity index (χ1n) is 5.57. The van der Waals surface area contributed by atoms with Crippen LogP contribution in [0, 0.1) is 6.92 Å². The predicted octanol–water partition coefficient (Wildman–Crippen LogP) is 0.592. The first-order chi connectivity index (χ1) is 7.69. The molecule has 0 saturated carbocycles. The number of anilines is 1. The van der Waals surface area contributed by atoms with Crippen molar-refractivity contribution < 1.29 is 4.74 Å². The average Bonchev–Trinajstić information content (AvgIpc) is 2.28. The van der Waals surface area contributed by atoms with Crippen LogP contribution in [0.2, 0.25) is 0 Å². The third-order valence-electron chi connectivity index (χ3n) is 2.70. The second kappa shape index (κ2) is 4.65. The Morgan fingerprint density at radius 1 is 1.50 bits per heavy atom. The monoisotopic (exact) mass is 222 g/mol. The van der Waals surface area contributed by atoms with Gasteiger partial charge >= 0.3 is 0 Å². The van der Waals surface area contributed by atoms with E-state index in [1.807, 2.05) is 13.0 Å². The van der Waals surface area contributed by atoms with Crippen molar-refractivity contribution in [1.29, 1.82) is 0 Å². The molecule has 5 heteroatoms. The molecule has 1 aromatic rings. The maximum atomic E-state index is 5.16. The number of ether oxygens (including phenoxy) is 1. The van der Waals surface area contributed by atoms with E-state index in [4.69, 9.17) is 4.74 Å². The molecule has 1 fully saturated rings. The van der Waals surface area contributed by atoms with Gasteiger partial charge in [-0.1, -0.05) is 0 Å². The Kier molecular flexibility index (Phi) is 3.24. The van der Waals surface area contributed by atoms with E-state index >= 15 is 0 Å². The molecule has 0 bridgehead atoms. The Hall–Kier alpha value is -1.36. The summed E-state index contributed by atoms with van der Waals surface area (Å²) in [6.45, 7) is 7.01. The number of nitrogens with zero attached hydrogens (tertiary/aromatic N) is 3. The van der Waals surface area contributed by atoms with Gasteiger partial charge in [0.15, 0.2) is 0 Å². The lowest BCUT2D eigenvalue weighted by Crippen LogP contribution is -2.49. The van der Waals surface area contributed by atoms with Crippen molar-refractivity contribution >= 4 is 5.82 Å². The Morgan fingerprint density at radius 2 is 2.31 bits per heavy atom. The van der Waals surface area contributed by atoms with E-state index in [0.717, 1.165) is 31.3 Å². The Bertz CT molecular complexity index is 369. The lowest BCUT2D eigenvalue weighted by atomic mass is 10.2. The minimum Gasteiger partial charge on any atom is -0.481 e. The van der Waals surface area contributed by atoms with E-state index in [0.29, 0.717) is 11.9 Å². The summed E-state index contributed by atoms with van der Waals surface area (Å²) >= 11 is 0. The van der Waals surface area contributed by atoms with Crippen LogP contribution in [0.5, 0.6) is 5.88 Å². The topological polar surface area (TPSA) is 50.3 Å². The second-order valence-electron chi connectivity index (χ2n) is 4.12. The molecule has 1 atom stereocenters. The summed E-state index contributed by atoms with van der Waals surface area (Å²) in [5, 5.41) is 3.41. The van der Waals surface area contributed by atoms with E-state index in [2.05, 4.69) is 27.1 Å². The van der Waals surface area contributed by atoms with Gasteiger partial charge < -0.3 is 15.0 Å². The zero-order chi connectivity index (χ0) is 11.5. The summed E-state index contributed by atoms with van der Waals surface area (Å²) in [6.07, 6.45) is 0. The average molecular weight is 222 g/mol. The van der Waals surface area contributed by atoms with E-state index in [1.54, 1.807) is 7.11 Å². The summed E-state index contributed by atoms with van der Waals surface area (Å²) in [6, 6.07) is 2.39. The Labute approximate surface area is 95.8 Å². The van der Waals surface area contributed by atoms with Crippen LogP contribution in [-0.4, -0.2) is 42.8 Å². The van der Waals surface area contributed by atoms with Crippen molar-refractivity contribution in [2.75, 3.05) is 31.6 Å². The van der Waals surface area contributed by atoms with Crippen molar-refractivity contribution in [3.05, 3.63) is 11.9 Å². The first-order valence-corrected chi connectivity index (χ1v) is 5.57. The van der Waals surface area contributed by atoms with E-state index in [-0.39, 0.29) is 0 Å². The summed E-state index contributed by atoms with van der Waals surface area (Å²) in [7, 11) is 1.63. The summed E-state index contributed by atoms with van der Waals surface area (Å²) in [5.74, 6) is 2.34. The highest BCUT2D eigenvalue weighted by Crippen LogP contribution is 2.18. The maximum absolute atomic E-state index is 5.16. The molecule has 1 aliphatic heterocycles. The summed E-state index contributed by atoms with van der Waals surface area (Å²) in [5.41, 5.74) is 0. The minimum atomic E-state index is 0.495. The number of nitrogens with one attached hydrogen (secondary N) is 1. The Balaban J connectivity index is 2.21. The predicted molar refractivity (Wildman–Crippen MR) is 63.0 cm³/mol. The van der Waals surface area contributed by atoms with E-state index < -0.39 is 0 Å². The van der Waals surface area contributed by atoms with Crippen molar-refractivity contribution in [2.45, 2.75) is 19.9 Å². The number of methoxy groups -OCH3 is 1. The molecule has 2 rings (SSSR count). The van der Waals surface area contributed by atoms with Crippen molar-refractivity contribution in [3.63, 3.8) is 0 Å². The highest BCUT2D eigenvalue weighted by atomic mass is 16.5. The largest absolute Gasteiger partial charge is 0.481 e. The van der Waals surface area contributed by atoms with Gasteiger partial charge in [-0.2, -0.15) is 4.98 Å². The highest BCUT2D eigenvalue weighted by molar-refractivity contribution is 5.42. The van der Waals surface area contributed by atoms with E-state index in [9.17, 15) is 0 Å². The van der Waals surface area contributed by atoms with Crippen LogP contribution in [0.15, 0.2) is 6.07 Å². The van der Waals surface area contributed by atoms with Gasteiger partial charge in [-0.25, -0.2) is 4.98 Å². The molecule has 5 nitrogen and oxygen atoms in total. The summed E-state index contributed by atoms with van der Waals surface area (Å²) < 4.78 is 5.16. The number of piperazine rings is 1. The standard InChI is InChI=1S/C11H18N4O/c1-8-7-15(5-4-12-8)10-6-11(16-3)14-9(2)13-10/h6,8,12H,4-5,7H2,1-3H3. The van der Waals surface area contributed by atoms with Crippen LogP contribution in [0.1, 0.15) is 12.7 Å². The van der Waals surface area contributed by atoms with Crippen molar-refractivity contribution in [2.24, 2.45) is 0 Å². The lowest BCUT2D eigenvalue weighted by molar-refractivity contribution is 0.394. The number of aryl methyl sites for hydroxylation is 1. The molecule has 1 aliphatic rings. The van der Waals surface area contributed by atoms with Crippen LogP contribution in [0.25, 0.3) is 0 Å². The fourth-order valence-corrected chi connectivity index (χ4v) is 1.93.